The summed E-state index contributed by atoms with van der Waals surface area (Å²) in [7, 11) is 0. The highest BCUT2D eigenvalue weighted by atomic mass is 35.5. The Bertz CT molecular complexity index is 641. The fourth-order valence-corrected chi connectivity index (χ4v) is 4.60. The fourth-order valence-electron chi connectivity index (χ4n) is 3.12. The lowest BCUT2D eigenvalue weighted by molar-refractivity contribution is 0.0628. The second kappa shape index (κ2) is 5.38. The van der Waals surface area contributed by atoms with Crippen LogP contribution in [0.2, 0.25) is 5.02 Å². The number of rotatable bonds is 1. The van der Waals surface area contributed by atoms with Crippen molar-refractivity contribution in [1.82, 2.24) is 4.90 Å². The standard InChI is InChI=1S/C16H18ClNOS/c1-10-7-11(2)9-18(8-10)16(19)15-14(17)12-5-3-4-6-13(12)20-15/h3-6,10-11H,7-9H2,1-2H3/t10-,11-/m1/s1. The highest BCUT2D eigenvalue weighted by Crippen LogP contribution is 2.36. The van der Waals surface area contributed by atoms with E-state index in [9.17, 15) is 4.79 Å². The van der Waals surface area contributed by atoms with E-state index >= 15 is 0 Å². The smallest absolute Gasteiger partial charge is 0.265 e. The van der Waals surface area contributed by atoms with Crippen LogP contribution < -0.4 is 0 Å². The van der Waals surface area contributed by atoms with Crippen molar-refractivity contribution in [3.05, 3.63) is 34.2 Å². The summed E-state index contributed by atoms with van der Waals surface area (Å²) in [5, 5.41) is 1.60. The Hall–Kier alpha value is -1.06. The van der Waals surface area contributed by atoms with E-state index in [1.165, 1.54) is 17.8 Å². The van der Waals surface area contributed by atoms with Gasteiger partial charge in [0.05, 0.1) is 5.02 Å². The average Bonchev–Trinajstić information content (AvgIpc) is 2.75. The number of piperidine rings is 1. The van der Waals surface area contributed by atoms with Crippen LogP contribution in [0, 0.1) is 11.8 Å². The van der Waals surface area contributed by atoms with Gasteiger partial charge in [-0.1, -0.05) is 43.6 Å². The van der Waals surface area contributed by atoms with E-state index < -0.39 is 0 Å². The quantitative estimate of drug-likeness (QED) is 0.749. The van der Waals surface area contributed by atoms with E-state index in [0.717, 1.165) is 23.2 Å². The van der Waals surface area contributed by atoms with Gasteiger partial charge in [-0.3, -0.25) is 4.79 Å². The molecule has 0 saturated carbocycles. The summed E-state index contributed by atoms with van der Waals surface area (Å²) >= 11 is 7.91. The molecule has 1 amide bonds. The Kier molecular flexibility index (Phi) is 3.74. The molecule has 1 aliphatic heterocycles. The molecule has 0 unspecified atom stereocenters. The molecule has 20 heavy (non-hydrogen) atoms. The van der Waals surface area contributed by atoms with Crippen molar-refractivity contribution >= 4 is 38.9 Å². The van der Waals surface area contributed by atoms with Gasteiger partial charge in [0, 0.05) is 23.2 Å². The molecule has 1 aromatic heterocycles. The molecule has 0 spiro atoms. The Labute approximate surface area is 128 Å². The monoisotopic (exact) mass is 307 g/mol. The number of likely N-dealkylation sites (tertiary alicyclic amines) is 1. The first-order valence-electron chi connectivity index (χ1n) is 7.02. The third-order valence-electron chi connectivity index (χ3n) is 3.89. The Morgan fingerprint density at radius 3 is 2.55 bits per heavy atom. The van der Waals surface area contributed by atoms with Gasteiger partial charge in [-0.15, -0.1) is 11.3 Å². The summed E-state index contributed by atoms with van der Waals surface area (Å²) in [6.45, 7) is 6.10. The lowest BCUT2D eigenvalue weighted by Gasteiger charge is -2.34. The molecule has 0 bridgehead atoms. The van der Waals surface area contributed by atoms with Gasteiger partial charge in [0.2, 0.25) is 0 Å². The lowest BCUT2D eigenvalue weighted by atomic mass is 9.92. The van der Waals surface area contributed by atoms with Crippen LogP contribution in [-0.4, -0.2) is 23.9 Å². The Morgan fingerprint density at radius 2 is 1.90 bits per heavy atom. The van der Waals surface area contributed by atoms with E-state index in [1.54, 1.807) is 0 Å². The number of carbonyl (C=O) groups is 1. The summed E-state index contributed by atoms with van der Waals surface area (Å²) in [5.74, 6) is 1.22. The minimum absolute atomic E-state index is 0.0922. The van der Waals surface area contributed by atoms with Crippen LogP contribution in [0.15, 0.2) is 24.3 Å². The molecular weight excluding hydrogens is 290 g/mol. The summed E-state index contributed by atoms with van der Waals surface area (Å²) < 4.78 is 1.08. The first-order chi connectivity index (χ1) is 9.56. The number of halogens is 1. The predicted molar refractivity (Wildman–Crippen MR) is 85.7 cm³/mol. The van der Waals surface area contributed by atoms with Crippen molar-refractivity contribution in [2.45, 2.75) is 20.3 Å². The zero-order valence-corrected chi connectivity index (χ0v) is 13.3. The summed E-state index contributed by atoms with van der Waals surface area (Å²) in [6, 6.07) is 7.94. The van der Waals surface area contributed by atoms with E-state index in [4.69, 9.17) is 11.6 Å². The van der Waals surface area contributed by atoms with Crippen molar-refractivity contribution in [2.24, 2.45) is 11.8 Å². The third kappa shape index (κ3) is 2.45. The number of amides is 1. The molecule has 1 fully saturated rings. The minimum Gasteiger partial charge on any atom is -0.337 e. The number of hydrogen-bond acceptors (Lipinski definition) is 2. The molecule has 4 heteroatoms. The summed E-state index contributed by atoms with van der Waals surface area (Å²) in [6.07, 6.45) is 1.20. The van der Waals surface area contributed by atoms with Crippen molar-refractivity contribution in [1.29, 1.82) is 0 Å². The number of hydrogen-bond donors (Lipinski definition) is 0. The molecule has 106 valence electrons. The van der Waals surface area contributed by atoms with Crippen LogP contribution >= 0.6 is 22.9 Å². The van der Waals surface area contributed by atoms with Crippen LogP contribution in [0.4, 0.5) is 0 Å². The van der Waals surface area contributed by atoms with Crippen LogP contribution in [0.3, 0.4) is 0 Å². The van der Waals surface area contributed by atoms with Crippen LogP contribution in [0.1, 0.15) is 29.9 Å². The van der Waals surface area contributed by atoms with Crippen LogP contribution in [0.25, 0.3) is 10.1 Å². The van der Waals surface area contributed by atoms with Gasteiger partial charge in [0.15, 0.2) is 0 Å². The molecule has 3 rings (SSSR count). The topological polar surface area (TPSA) is 20.3 Å². The molecule has 0 aliphatic carbocycles. The molecule has 2 atom stereocenters. The largest absolute Gasteiger partial charge is 0.337 e. The molecule has 1 aromatic carbocycles. The van der Waals surface area contributed by atoms with Crippen LogP contribution in [-0.2, 0) is 0 Å². The Morgan fingerprint density at radius 1 is 1.25 bits per heavy atom. The third-order valence-corrected chi connectivity index (χ3v) is 5.55. The lowest BCUT2D eigenvalue weighted by Crippen LogP contribution is -2.42. The molecule has 2 aromatic rings. The zero-order chi connectivity index (χ0) is 14.3. The van der Waals surface area contributed by atoms with E-state index in [1.807, 2.05) is 29.2 Å². The molecule has 0 N–H and O–H groups in total. The maximum absolute atomic E-state index is 12.7. The fraction of sp³-hybridized carbons (Fsp3) is 0.438. The van der Waals surface area contributed by atoms with Crippen LogP contribution in [0.5, 0.6) is 0 Å². The van der Waals surface area contributed by atoms with Gasteiger partial charge in [-0.2, -0.15) is 0 Å². The molecule has 1 saturated heterocycles. The second-order valence-electron chi connectivity index (χ2n) is 5.90. The van der Waals surface area contributed by atoms with Gasteiger partial charge in [-0.05, 0) is 24.3 Å². The van der Waals surface area contributed by atoms with Gasteiger partial charge in [0.1, 0.15) is 4.88 Å². The normalized spacial score (nSPS) is 23.2. The Balaban J connectivity index is 1.94. The van der Waals surface area contributed by atoms with Crippen molar-refractivity contribution < 1.29 is 4.79 Å². The number of fused-ring (bicyclic) bond motifs is 1. The highest BCUT2D eigenvalue weighted by molar-refractivity contribution is 7.21. The predicted octanol–water partition coefficient (Wildman–Crippen LogP) is 4.67. The molecule has 2 nitrogen and oxygen atoms in total. The zero-order valence-electron chi connectivity index (χ0n) is 11.7. The SMILES string of the molecule is C[C@@H]1C[C@@H](C)CN(C(=O)c2sc3ccccc3c2Cl)C1. The number of benzene rings is 1. The van der Waals surface area contributed by atoms with E-state index in [0.29, 0.717) is 21.7 Å². The van der Waals surface area contributed by atoms with Gasteiger partial charge >= 0.3 is 0 Å². The van der Waals surface area contributed by atoms with E-state index in [2.05, 4.69) is 13.8 Å². The molecule has 2 heterocycles. The maximum atomic E-state index is 12.7. The molecule has 0 radical (unpaired) electrons. The van der Waals surface area contributed by atoms with Crippen molar-refractivity contribution in [3.63, 3.8) is 0 Å². The number of thiophene rings is 1. The maximum Gasteiger partial charge on any atom is 0.265 e. The first-order valence-corrected chi connectivity index (χ1v) is 8.22. The first kappa shape index (κ1) is 13.9. The van der Waals surface area contributed by atoms with E-state index in [-0.39, 0.29) is 5.91 Å². The second-order valence-corrected chi connectivity index (χ2v) is 7.33. The van der Waals surface area contributed by atoms with Gasteiger partial charge < -0.3 is 4.90 Å². The highest BCUT2D eigenvalue weighted by Gasteiger charge is 2.28. The summed E-state index contributed by atoms with van der Waals surface area (Å²) in [4.78, 5) is 15.4. The van der Waals surface area contributed by atoms with Gasteiger partial charge in [-0.25, -0.2) is 0 Å². The minimum atomic E-state index is 0.0922. The van der Waals surface area contributed by atoms with Crippen molar-refractivity contribution in [2.75, 3.05) is 13.1 Å². The average molecular weight is 308 g/mol. The number of nitrogens with zero attached hydrogens (tertiary/aromatic N) is 1. The summed E-state index contributed by atoms with van der Waals surface area (Å²) in [5.41, 5.74) is 0. The molecule has 1 aliphatic rings. The van der Waals surface area contributed by atoms with Gasteiger partial charge in [0.25, 0.3) is 5.91 Å². The van der Waals surface area contributed by atoms with Crippen molar-refractivity contribution in [3.8, 4) is 0 Å². The molecular formula is C16H18ClNOS. The number of carbonyl (C=O) groups excluding carboxylic acids is 1.